The Morgan fingerprint density at radius 2 is 2.07 bits per heavy atom. The second-order valence-electron chi connectivity index (χ2n) is 3.76. The van der Waals surface area contributed by atoms with Gasteiger partial charge < -0.3 is 11.1 Å². The summed E-state index contributed by atoms with van der Waals surface area (Å²) >= 11 is 7.50. The maximum absolute atomic E-state index is 6.21. The number of piperidine rings is 1. The molecule has 0 bridgehead atoms. The van der Waals surface area contributed by atoms with E-state index in [4.69, 9.17) is 17.3 Å². The molecule has 2 nitrogen and oxygen atoms in total. The van der Waals surface area contributed by atoms with Gasteiger partial charge in [-0.25, -0.2) is 0 Å². The molecule has 1 aliphatic rings. The molecule has 1 fully saturated rings. The molecule has 1 atom stereocenters. The van der Waals surface area contributed by atoms with E-state index >= 15 is 0 Å². The third-order valence-electron chi connectivity index (χ3n) is 2.81. The Balaban J connectivity index is 0.00000112. The first kappa shape index (κ1) is 13.3. The molecule has 1 saturated heterocycles. The molecular formula is C10H16Cl2N2S. The monoisotopic (exact) mass is 266 g/mol. The zero-order valence-electron chi connectivity index (χ0n) is 8.41. The molecule has 1 aromatic rings. The Hall–Kier alpha value is 0.200. The Kier molecular flexibility index (Phi) is 5.36. The average Bonchev–Trinajstić information content (AvgIpc) is 2.65. The van der Waals surface area contributed by atoms with Crippen LogP contribution in [0.3, 0.4) is 0 Å². The van der Waals surface area contributed by atoms with Crippen LogP contribution in [0.4, 0.5) is 0 Å². The van der Waals surface area contributed by atoms with E-state index in [0.29, 0.717) is 5.92 Å². The van der Waals surface area contributed by atoms with Gasteiger partial charge in [0.25, 0.3) is 0 Å². The van der Waals surface area contributed by atoms with Crippen molar-refractivity contribution in [2.75, 3.05) is 13.1 Å². The summed E-state index contributed by atoms with van der Waals surface area (Å²) in [4.78, 5) is 1.22. The van der Waals surface area contributed by atoms with Crippen LogP contribution in [-0.2, 0) is 0 Å². The maximum atomic E-state index is 6.21. The van der Waals surface area contributed by atoms with Gasteiger partial charge in [-0.3, -0.25) is 0 Å². The van der Waals surface area contributed by atoms with E-state index in [-0.39, 0.29) is 18.4 Å². The van der Waals surface area contributed by atoms with Gasteiger partial charge >= 0.3 is 0 Å². The first-order valence-corrected chi connectivity index (χ1v) is 6.18. The summed E-state index contributed by atoms with van der Waals surface area (Å²) in [5.41, 5.74) is 6.21. The first-order chi connectivity index (χ1) is 6.77. The molecule has 5 heteroatoms. The lowest BCUT2D eigenvalue weighted by molar-refractivity contribution is 0.325. The van der Waals surface area contributed by atoms with E-state index in [2.05, 4.69) is 11.4 Å². The molecule has 86 valence electrons. The largest absolute Gasteiger partial charge is 0.323 e. The number of hydrogen-bond donors (Lipinski definition) is 2. The fraction of sp³-hybridized carbons (Fsp3) is 0.600. The van der Waals surface area contributed by atoms with Crippen LogP contribution in [0.5, 0.6) is 0 Å². The molecule has 0 unspecified atom stereocenters. The van der Waals surface area contributed by atoms with E-state index in [1.165, 1.54) is 17.7 Å². The van der Waals surface area contributed by atoms with Gasteiger partial charge in [-0.05, 0) is 44.0 Å². The lowest BCUT2D eigenvalue weighted by Gasteiger charge is -2.27. The van der Waals surface area contributed by atoms with E-state index in [1.54, 1.807) is 11.3 Å². The van der Waals surface area contributed by atoms with Crippen LogP contribution in [0.1, 0.15) is 23.8 Å². The Morgan fingerprint density at radius 1 is 1.40 bits per heavy atom. The van der Waals surface area contributed by atoms with Crippen molar-refractivity contribution < 1.29 is 0 Å². The van der Waals surface area contributed by atoms with E-state index in [9.17, 15) is 0 Å². The van der Waals surface area contributed by atoms with Crippen molar-refractivity contribution in [3.8, 4) is 0 Å². The van der Waals surface area contributed by atoms with Crippen molar-refractivity contribution in [3.05, 3.63) is 21.3 Å². The summed E-state index contributed by atoms with van der Waals surface area (Å²) in [7, 11) is 0. The van der Waals surface area contributed by atoms with Gasteiger partial charge in [0.1, 0.15) is 0 Å². The zero-order chi connectivity index (χ0) is 9.97. The van der Waals surface area contributed by atoms with Crippen LogP contribution in [0.25, 0.3) is 0 Å². The lowest BCUT2D eigenvalue weighted by atomic mass is 9.90. The third-order valence-corrected chi connectivity index (χ3v) is 4.15. The normalized spacial score (nSPS) is 19.6. The molecule has 0 radical (unpaired) electrons. The molecule has 0 amide bonds. The van der Waals surface area contributed by atoms with Crippen LogP contribution >= 0.6 is 35.3 Å². The minimum atomic E-state index is 0. The Morgan fingerprint density at radius 3 is 2.60 bits per heavy atom. The Labute approximate surface area is 106 Å². The smallest absolute Gasteiger partial charge is 0.0931 e. The molecule has 0 aliphatic carbocycles. The van der Waals surface area contributed by atoms with E-state index in [1.807, 2.05) is 6.07 Å². The molecule has 15 heavy (non-hydrogen) atoms. The molecular weight excluding hydrogens is 251 g/mol. The third kappa shape index (κ3) is 3.33. The molecule has 3 N–H and O–H groups in total. The number of hydrogen-bond acceptors (Lipinski definition) is 3. The summed E-state index contributed by atoms with van der Waals surface area (Å²) in [5.74, 6) is 0.617. The minimum absolute atomic E-state index is 0. The maximum Gasteiger partial charge on any atom is 0.0931 e. The van der Waals surface area contributed by atoms with Crippen LogP contribution in [0, 0.1) is 5.92 Å². The second-order valence-corrected chi connectivity index (χ2v) is 5.50. The highest BCUT2D eigenvalue weighted by atomic mass is 35.5. The van der Waals surface area contributed by atoms with E-state index < -0.39 is 0 Å². The molecule has 2 rings (SSSR count). The van der Waals surface area contributed by atoms with Crippen LogP contribution < -0.4 is 11.1 Å². The zero-order valence-corrected chi connectivity index (χ0v) is 10.8. The van der Waals surface area contributed by atoms with Gasteiger partial charge in [-0.1, -0.05) is 11.6 Å². The van der Waals surface area contributed by atoms with Gasteiger partial charge in [-0.2, -0.15) is 0 Å². The first-order valence-electron chi connectivity index (χ1n) is 4.99. The summed E-state index contributed by atoms with van der Waals surface area (Å²) < 4.78 is 0.837. The van der Waals surface area contributed by atoms with Crippen molar-refractivity contribution in [2.45, 2.75) is 18.9 Å². The van der Waals surface area contributed by atoms with Crippen LogP contribution in [0.2, 0.25) is 4.34 Å². The number of nitrogens with one attached hydrogen (secondary N) is 1. The standard InChI is InChI=1S/C10H15ClN2S.ClH/c11-9-2-1-8(14-9)10(12)7-3-5-13-6-4-7;/h1-2,7,10,13H,3-6,12H2;1H/t10-;/m1./s1. The van der Waals surface area contributed by atoms with Crippen LogP contribution in [-0.4, -0.2) is 13.1 Å². The topological polar surface area (TPSA) is 38.0 Å². The van der Waals surface area contributed by atoms with Crippen molar-refractivity contribution in [1.29, 1.82) is 0 Å². The van der Waals surface area contributed by atoms with E-state index in [0.717, 1.165) is 17.4 Å². The number of halogens is 2. The summed E-state index contributed by atoms with van der Waals surface area (Å²) in [6.07, 6.45) is 2.35. The minimum Gasteiger partial charge on any atom is -0.323 e. The summed E-state index contributed by atoms with van der Waals surface area (Å²) in [6, 6.07) is 4.16. The van der Waals surface area contributed by atoms with Crippen molar-refractivity contribution in [1.82, 2.24) is 5.32 Å². The van der Waals surface area contributed by atoms with Crippen molar-refractivity contribution >= 4 is 35.3 Å². The van der Waals surface area contributed by atoms with Crippen molar-refractivity contribution in [2.24, 2.45) is 11.7 Å². The highest BCUT2D eigenvalue weighted by Crippen LogP contribution is 2.32. The van der Waals surface area contributed by atoms with Gasteiger partial charge in [-0.15, -0.1) is 23.7 Å². The predicted molar refractivity (Wildman–Crippen MR) is 69.1 cm³/mol. The fourth-order valence-corrected chi connectivity index (χ4v) is 3.10. The van der Waals surface area contributed by atoms with Gasteiger partial charge in [0.15, 0.2) is 0 Å². The SMILES string of the molecule is Cl.N[C@@H](c1ccc(Cl)s1)C1CCNCC1. The quantitative estimate of drug-likeness (QED) is 0.864. The van der Waals surface area contributed by atoms with Gasteiger partial charge in [0.2, 0.25) is 0 Å². The molecule has 2 heterocycles. The highest BCUT2D eigenvalue weighted by molar-refractivity contribution is 7.16. The summed E-state index contributed by atoms with van der Waals surface area (Å²) in [6.45, 7) is 2.19. The second kappa shape index (κ2) is 6.06. The number of thiophene rings is 1. The molecule has 0 aromatic carbocycles. The molecule has 0 spiro atoms. The average molecular weight is 267 g/mol. The number of rotatable bonds is 2. The van der Waals surface area contributed by atoms with Gasteiger partial charge in [0, 0.05) is 10.9 Å². The molecule has 0 saturated carbocycles. The Bertz CT molecular complexity index is 297. The highest BCUT2D eigenvalue weighted by Gasteiger charge is 2.22. The van der Waals surface area contributed by atoms with Crippen LogP contribution in [0.15, 0.2) is 12.1 Å². The van der Waals surface area contributed by atoms with Crippen molar-refractivity contribution in [3.63, 3.8) is 0 Å². The summed E-state index contributed by atoms with van der Waals surface area (Å²) in [5, 5.41) is 3.35. The number of nitrogens with two attached hydrogens (primary N) is 1. The molecule has 1 aliphatic heterocycles. The fourth-order valence-electron chi connectivity index (χ4n) is 1.94. The van der Waals surface area contributed by atoms with Gasteiger partial charge in [0.05, 0.1) is 4.34 Å². The predicted octanol–water partition coefficient (Wildman–Crippen LogP) is 2.82. The molecule has 1 aromatic heterocycles. The lowest BCUT2D eigenvalue weighted by Crippen LogP contribution is -2.33.